The number of benzene rings is 8. The van der Waals surface area contributed by atoms with Crippen LogP contribution in [0.25, 0.3) is 83.9 Å². The van der Waals surface area contributed by atoms with Gasteiger partial charge in [-0.25, -0.2) is 15.0 Å². The molecule has 0 radical (unpaired) electrons. The molecule has 64 heavy (non-hydrogen) atoms. The van der Waals surface area contributed by atoms with E-state index >= 15 is 0 Å². The third-order valence-electron chi connectivity index (χ3n) is 12.6. The van der Waals surface area contributed by atoms with Crippen molar-refractivity contribution in [2.45, 2.75) is 12.3 Å². The molecule has 0 bridgehead atoms. The molecule has 0 N–H and O–H groups in total. The van der Waals surface area contributed by atoms with Crippen LogP contribution in [0.5, 0.6) is 0 Å². The van der Waals surface area contributed by atoms with E-state index in [0.717, 1.165) is 56.9 Å². The Morgan fingerprint density at radius 1 is 0.484 bits per heavy atom. The quantitative estimate of drug-likeness (QED) is 0.160. The first-order valence-electron chi connectivity index (χ1n) is 21.6. The van der Waals surface area contributed by atoms with Gasteiger partial charge in [-0.3, -0.25) is 0 Å². The Kier molecular flexibility index (Phi) is 8.91. The number of hydrogen-bond acceptors (Lipinski definition) is 5. The van der Waals surface area contributed by atoms with Crippen LogP contribution in [0.2, 0.25) is 0 Å². The maximum atomic E-state index is 10.6. The number of nitriles is 1. The second-order valence-electron chi connectivity index (χ2n) is 16.3. The Balaban J connectivity index is 0.939. The van der Waals surface area contributed by atoms with Crippen molar-refractivity contribution in [1.29, 1.82) is 5.26 Å². The standard InChI is InChI=1S/C58H38N6/c59-37-43-28-27-42(58-61-56(39-15-4-1-5-16-39)60-57(62-58)40-17-6-2-7-18-40)36-49(43)47-23-14-26-54-55(47)48-22-11-13-25-52(48)64(54)45-32-29-38(30-33-45)41-31-34-53-50(35-41)46-21-10-12-24-51(46)63(53)44-19-8-3-9-20-44/h1-21,23-36,48H,22H2. The van der Waals surface area contributed by atoms with Crippen LogP contribution >= 0.6 is 0 Å². The third kappa shape index (κ3) is 6.21. The predicted octanol–water partition coefficient (Wildman–Crippen LogP) is 14.3. The lowest BCUT2D eigenvalue weighted by atomic mass is 9.85. The smallest absolute Gasteiger partial charge is 0.164 e. The summed E-state index contributed by atoms with van der Waals surface area (Å²) in [5, 5.41) is 13.1. The van der Waals surface area contributed by atoms with Gasteiger partial charge in [-0.1, -0.05) is 140 Å². The number of rotatable bonds is 7. The Labute approximate surface area is 371 Å². The molecule has 1 atom stereocenters. The van der Waals surface area contributed by atoms with Crippen molar-refractivity contribution in [1.82, 2.24) is 19.5 Å². The van der Waals surface area contributed by atoms with Crippen molar-refractivity contribution >= 4 is 33.2 Å². The summed E-state index contributed by atoms with van der Waals surface area (Å²) < 4.78 is 2.35. The van der Waals surface area contributed by atoms with Crippen LogP contribution in [-0.4, -0.2) is 19.5 Å². The van der Waals surface area contributed by atoms with Gasteiger partial charge in [-0.15, -0.1) is 0 Å². The number of nitrogens with zero attached hydrogens (tertiary/aromatic N) is 6. The molecular formula is C58H38N6. The second-order valence-corrected chi connectivity index (χ2v) is 16.3. The molecule has 0 spiro atoms. The van der Waals surface area contributed by atoms with Gasteiger partial charge in [0.05, 0.1) is 28.4 Å². The number of allylic oxidation sites excluding steroid dienone is 4. The maximum absolute atomic E-state index is 10.6. The van der Waals surface area contributed by atoms with Gasteiger partial charge in [0.15, 0.2) is 17.5 Å². The van der Waals surface area contributed by atoms with Crippen LogP contribution in [-0.2, 0) is 0 Å². The molecule has 6 nitrogen and oxygen atoms in total. The van der Waals surface area contributed by atoms with Gasteiger partial charge in [-0.05, 0) is 101 Å². The summed E-state index contributed by atoms with van der Waals surface area (Å²) in [4.78, 5) is 17.3. The van der Waals surface area contributed by atoms with Crippen molar-refractivity contribution < 1.29 is 0 Å². The summed E-state index contributed by atoms with van der Waals surface area (Å²) in [5.41, 5.74) is 15.6. The molecule has 0 saturated carbocycles. The molecule has 12 rings (SSSR count). The zero-order valence-corrected chi connectivity index (χ0v) is 34.7. The molecule has 10 aromatic rings. The van der Waals surface area contributed by atoms with Gasteiger partial charge in [0, 0.05) is 56.0 Å². The molecule has 1 unspecified atom stereocenters. The van der Waals surface area contributed by atoms with Crippen molar-refractivity contribution in [2.75, 3.05) is 4.90 Å². The molecule has 0 amide bonds. The summed E-state index contributed by atoms with van der Waals surface area (Å²) in [7, 11) is 0. The Morgan fingerprint density at radius 2 is 1.11 bits per heavy atom. The van der Waals surface area contributed by atoms with E-state index in [-0.39, 0.29) is 5.92 Å². The molecule has 6 heteroatoms. The summed E-state index contributed by atoms with van der Waals surface area (Å²) in [6.07, 6.45) is 7.51. The minimum Gasteiger partial charge on any atom is -0.313 e. The van der Waals surface area contributed by atoms with Gasteiger partial charge in [-0.2, -0.15) is 5.26 Å². The Bertz CT molecular complexity index is 3470. The summed E-state index contributed by atoms with van der Waals surface area (Å²) in [5.74, 6) is 1.85. The predicted molar refractivity (Wildman–Crippen MR) is 259 cm³/mol. The average molecular weight is 819 g/mol. The largest absolute Gasteiger partial charge is 0.313 e. The highest BCUT2D eigenvalue weighted by atomic mass is 15.2. The SMILES string of the molecule is N#Cc1ccc(-c2nc(-c3ccccc3)nc(-c3ccccc3)n2)cc1-c1cccc2c1C1CC=CC=C1N2c1ccc(-c2ccc3c(c2)c2ccccc2n3-c2ccccc2)cc1. The lowest BCUT2D eigenvalue weighted by Crippen LogP contribution is -2.14. The highest BCUT2D eigenvalue weighted by molar-refractivity contribution is 6.10. The van der Waals surface area contributed by atoms with Crippen molar-refractivity contribution in [2.24, 2.45) is 0 Å². The number of aromatic nitrogens is 4. The monoisotopic (exact) mass is 818 g/mol. The zero-order valence-electron chi connectivity index (χ0n) is 34.7. The highest BCUT2D eigenvalue weighted by Gasteiger charge is 2.37. The van der Waals surface area contributed by atoms with Gasteiger partial charge in [0.2, 0.25) is 0 Å². The molecular weight excluding hydrogens is 781 g/mol. The molecule has 2 aromatic heterocycles. The minimum atomic E-state index is 0.113. The number of para-hydroxylation sites is 2. The van der Waals surface area contributed by atoms with Crippen LogP contribution in [0.3, 0.4) is 0 Å². The van der Waals surface area contributed by atoms with E-state index in [1.54, 1.807) is 0 Å². The van der Waals surface area contributed by atoms with Crippen LogP contribution in [0, 0.1) is 11.3 Å². The highest BCUT2D eigenvalue weighted by Crippen LogP contribution is 2.54. The lowest BCUT2D eigenvalue weighted by molar-refractivity contribution is 0.821. The van der Waals surface area contributed by atoms with E-state index in [1.807, 2.05) is 72.8 Å². The molecule has 3 heterocycles. The maximum Gasteiger partial charge on any atom is 0.164 e. The first-order valence-corrected chi connectivity index (χ1v) is 21.6. The lowest BCUT2D eigenvalue weighted by Gasteiger charge is -2.24. The molecule has 0 fully saturated rings. The Morgan fingerprint density at radius 3 is 1.83 bits per heavy atom. The zero-order chi connectivity index (χ0) is 42.6. The van der Waals surface area contributed by atoms with E-state index in [2.05, 4.69) is 155 Å². The van der Waals surface area contributed by atoms with E-state index in [9.17, 15) is 5.26 Å². The van der Waals surface area contributed by atoms with Gasteiger partial charge in [0.25, 0.3) is 0 Å². The van der Waals surface area contributed by atoms with Crippen LogP contribution < -0.4 is 4.90 Å². The molecule has 2 aliphatic rings. The van der Waals surface area contributed by atoms with Gasteiger partial charge >= 0.3 is 0 Å². The Hall–Kier alpha value is -8.66. The molecule has 300 valence electrons. The first-order chi connectivity index (χ1) is 31.7. The fourth-order valence-electron chi connectivity index (χ4n) is 9.64. The van der Waals surface area contributed by atoms with Crippen molar-refractivity contribution in [3.05, 3.63) is 229 Å². The summed E-state index contributed by atoms with van der Waals surface area (Å²) >= 11 is 0. The molecule has 1 aliphatic heterocycles. The second kappa shape index (κ2) is 15.4. The van der Waals surface area contributed by atoms with Crippen LogP contribution in [0.1, 0.15) is 23.5 Å². The fraction of sp³-hybridized carbons (Fsp3) is 0.0345. The minimum absolute atomic E-state index is 0.113. The summed E-state index contributed by atoms with van der Waals surface area (Å²) in [6.45, 7) is 0. The first kappa shape index (κ1) is 37.1. The molecule has 8 aromatic carbocycles. The fourth-order valence-corrected chi connectivity index (χ4v) is 9.64. The van der Waals surface area contributed by atoms with Crippen LogP contribution in [0.15, 0.2) is 218 Å². The van der Waals surface area contributed by atoms with E-state index in [1.165, 1.54) is 38.6 Å². The van der Waals surface area contributed by atoms with Crippen molar-refractivity contribution in [3.63, 3.8) is 0 Å². The van der Waals surface area contributed by atoms with Crippen LogP contribution in [0.4, 0.5) is 11.4 Å². The van der Waals surface area contributed by atoms with E-state index in [4.69, 9.17) is 15.0 Å². The molecule has 1 aliphatic carbocycles. The number of fused-ring (bicyclic) bond motifs is 6. The topological polar surface area (TPSA) is 70.6 Å². The van der Waals surface area contributed by atoms with Gasteiger partial charge in [0.1, 0.15) is 0 Å². The third-order valence-corrected chi connectivity index (χ3v) is 12.6. The molecule has 0 saturated heterocycles. The average Bonchev–Trinajstić information content (AvgIpc) is 3.90. The van der Waals surface area contributed by atoms with Crippen molar-refractivity contribution in [3.8, 4) is 68.2 Å². The summed E-state index contributed by atoms with van der Waals surface area (Å²) in [6, 6.07) is 69.9. The number of anilines is 2. The van der Waals surface area contributed by atoms with Gasteiger partial charge < -0.3 is 9.47 Å². The normalized spacial score (nSPS) is 14.0. The van der Waals surface area contributed by atoms with E-state index < -0.39 is 0 Å². The van der Waals surface area contributed by atoms with E-state index in [0.29, 0.717) is 23.0 Å². The number of hydrogen-bond donors (Lipinski definition) is 0.